The molecular formula is C16H26BrFN2. The molecule has 1 N–H and O–H groups in total. The van der Waals surface area contributed by atoms with Crippen molar-refractivity contribution in [1.29, 1.82) is 0 Å². The zero-order valence-corrected chi connectivity index (χ0v) is 14.5. The summed E-state index contributed by atoms with van der Waals surface area (Å²) >= 11 is 3.23. The van der Waals surface area contributed by atoms with Gasteiger partial charge in [-0.25, -0.2) is 4.39 Å². The van der Waals surface area contributed by atoms with Crippen molar-refractivity contribution < 1.29 is 4.39 Å². The SMILES string of the molecule is CC(NCCCCN(C)C(C)C)c1ccc(F)c(Br)c1. The number of halogens is 2. The predicted molar refractivity (Wildman–Crippen MR) is 87.5 cm³/mol. The molecule has 0 amide bonds. The fourth-order valence-electron chi connectivity index (χ4n) is 1.96. The standard InChI is InChI=1S/C16H26BrFN2/c1-12(2)20(4)10-6-5-9-19-13(3)14-7-8-16(18)15(17)11-14/h7-8,11-13,19H,5-6,9-10H2,1-4H3. The first-order valence-corrected chi connectivity index (χ1v) is 8.09. The van der Waals surface area contributed by atoms with Crippen LogP contribution in [0.15, 0.2) is 22.7 Å². The van der Waals surface area contributed by atoms with Gasteiger partial charge in [-0.05, 0) is 87.4 Å². The van der Waals surface area contributed by atoms with Crippen LogP contribution in [-0.4, -0.2) is 31.1 Å². The summed E-state index contributed by atoms with van der Waals surface area (Å²) in [6.07, 6.45) is 2.35. The molecule has 0 saturated heterocycles. The maximum Gasteiger partial charge on any atom is 0.137 e. The summed E-state index contributed by atoms with van der Waals surface area (Å²) in [7, 11) is 2.16. The van der Waals surface area contributed by atoms with E-state index in [4.69, 9.17) is 0 Å². The zero-order valence-electron chi connectivity index (χ0n) is 12.9. The zero-order chi connectivity index (χ0) is 15.1. The molecule has 0 fully saturated rings. The molecule has 0 aliphatic carbocycles. The Hall–Kier alpha value is -0.450. The van der Waals surface area contributed by atoms with E-state index in [0.717, 1.165) is 25.1 Å². The molecule has 20 heavy (non-hydrogen) atoms. The van der Waals surface area contributed by atoms with E-state index in [1.807, 2.05) is 12.1 Å². The quantitative estimate of drug-likeness (QED) is 0.705. The van der Waals surface area contributed by atoms with Crippen LogP contribution < -0.4 is 5.32 Å². The van der Waals surface area contributed by atoms with Crippen molar-refractivity contribution in [2.24, 2.45) is 0 Å². The normalized spacial score (nSPS) is 13.2. The number of nitrogens with one attached hydrogen (secondary N) is 1. The summed E-state index contributed by atoms with van der Waals surface area (Å²) in [5.41, 5.74) is 1.11. The number of unbranched alkanes of at least 4 members (excludes halogenated alkanes) is 1. The van der Waals surface area contributed by atoms with E-state index < -0.39 is 0 Å². The molecule has 0 aliphatic heterocycles. The van der Waals surface area contributed by atoms with Crippen molar-refractivity contribution in [3.8, 4) is 0 Å². The summed E-state index contributed by atoms with van der Waals surface area (Å²) in [6, 6.07) is 6.05. The number of nitrogens with zero attached hydrogens (tertiary/aromatic N) is 1. The number of rotatable bonds is 8. The Labute approximate surface area is 130 Å². The fraction of sp³-hybridized carbons (Fsp3) is 0.625. The summed E-state index contributed by atoms with van der Waals surface area (Å²) in [5.74, 6) is -0.210. The third kappa shape index (κ3) is 5.90. The van der Waals surface area contributed by atoms with Gasteiger partial charge >= 0.3 is 0 Å². The number of hydrogen-bond acceptors (Lipinski definition) is 2. The van der Waals surface area contributed by atoms with Crippen molar-refractivity contribution in [3.63, 3.8) is 0 Å². The first-order chi connectivity index (χ1) is 9.41. The highest BCUT2D eigenvalue weighted by molar-refractivity contribution is 9.10. The van der Waals surface area contributed by atoms with Gasteiger partial charge in [0.1, 0.15) is 5.82 Å². The predicted octanol–water partition coefficient (Wildman–Crippen LogP) is 4.36. The maximum atomic E-state index is 13.2. The van der Waals surface area contributed by atoms with Crippen LogP contribution in [0.3, 0.4) is 0 Å². The molecule has 0 bridgehead atoms. The van der Waals surface area contributed by atoms with Gasteiger partial charge in [0.05, 0.1) is 4.47 Å². The average molecular weight is 345 g/mol. The molecule has 0 saturated carbocycles. The van der Waals surface area contributed by atoms with E-state index in [1.165, 1.54) is 12.5 Å². The Morgan fingerprint density at radius 3 is 2.55 bits per heavy atom. The first-order valence-electron chi connectivity index (χ1n) is 7.30. The Morgan fingerprint density at radius 1 is 1.25 bits per heavy atom. The van der Waals surface area contributed by atoms with Gasteiger partial charge in [-0.2, -0.15) is 0 Å². The van der Waals surface area contributed by atoms with Crippen molar-refractivity contribution in [3.05, 3.63) is 34.1 Å². The lowest BCUT2D eigenvalue weighted by atomic mass is 10.1. The third-order valence-corrected chi connectivity index (χ3v) is 4.32. The van der Waals surface area contributed by atoms with Gasteiger partial charge in [0.2, 0.25) is 0 Å². The molecule has 0 radical (unpaired) electrons. The van der Waals surface area contributed by atoms with E-state index in [9.17, 15) is 4.39 Å². The van der Waals surface area contributed by atoms with Crippen molar-refractivity contribution in [2.45, 2.75) is 45.7 Å². The monoisotopic (exact) mass is 344 g/mol. The van der Waals surface area contributed by atoms with Crippen molar-refractivity contribution in [2.75, 3.05) is 20.1 Å². The molecule has 1 atom stereocenters. The first kappa shape index (κ1) is 17.6. The smallest absolute Gasteiger partial charge is 0.137 e. The second kappa shape index (κ2) is 8.75. The van der Waals surface area contributed by atoms with E-state index in [1.54, 1.807) is 0 Å². The minimum atomic E-state index is -0.210. The van der Waals surface area contributed by atoms with Crippen LogP contribution in [0.4, 0.5) is 4.39 Å². The molecule has 1 aromatic carbocycles. The highest BCUT2D eigenvalue weighted by Gasteiger charge is 2.07. The van der Waals surface area contributed by atoms with Gasteiger partial charge in [0.15, 0.2) is 0 Å². The minimum absolute atomic E-state index is 0.210. The van der Waals surface area contributed by atoms with Crippen LogP contribution in [0.5, 0.6) is 0 Å². The molecule has 1 aromatic rings. The number of benzene rings is 1. The van der Waals surface area contributed by atoms with Crippen LogP contribution in [0.25, 0.3) is 0 Å². The lowest BCUT2D eigenvalue weighted by Gasteiger charge is -2.21. The van der Waals surface area contributed by atoms with Crippen LogP contribution >= 0.6 is 15.9 Å². The topological polar surface area (TPSA) is 15.3 Å². The van der Waals surface area contributed by atoms with Crippen LogP contribution in [0, 0.1) is 5.82 Å². The number of hydrogen-bond donors (Lipinski definition) is 1. The molecule has 4 heteroatoms. The van der Waals surface area contributed by atoms with Gasteiger partial charge < -0.3 is 10.2 Å². The molecule has 2 nitrogen and oxygen atoms in total. The van der Waals surface area contributed by atoms with E-state index in [-0.39, 0.29) is 11.9 Å². The van der Waals surface area contributed by atoms with E-state index >= 15 is 0 Å². The van der Waals surface area contributed by atoms with Gasteiger partial charge in [-0.1, -0.05) is 6.07 Å². The van der Waals surface area contributed by atoms with Crippen LogP contribution in [0.1, 0.15) is 45.2 Å². The maximum absolute atomic E-state index is 13.2. The molecule has 0 heterocycles. The summed E-state index contributed by atoms with van der Waals surface area (Å²) in [6.45, 7) is 8.66. The fourth-order valence-corrected chi connectivity index (χ4v) is 2.36. The Morgan fingerprint density at radius 2 is 1.95 bits per heavy atom. The molecule has 1 rings (SSSR count). The summed E-state index contributed by atoms with van der Waals surface area (Å²) < 4.78 is 13.7. The van der Waals surface area contributed by atoms with Crippen LogP contribution in [-0.2, 0) is 0 Å². The Kier molecular flexibility index (Phi) is 7.70. The van der Waals surface area contributed by atoms with E-state index in [2.05, 4.69) is 54.0 Å². The third-order valence-electron chi connectivity index (χ3n) is 3.71. The van der Waals surface area contributed by atoms with Gasteiger partial charge in [-0.3, -0.25) is 0 Å². The molecule has 114 valence electrons. The van der Waals surface area contributed by atoms with Crippen LogP contribution in [0.2, 0.25) is 0 Å². The molecular weight excluding hydrogens is 319 g/mol. The van der Waals surface area contributed by atoms with Crippen molar-refractivity contribution in [1.82, 2.24) is 10.2 Å². The highest BCUT2D eigenvalue weighted by Crippen LogP contribution is 2.21. The Bertz CT molecular complexity index is 409. The summed E-state index contributed by atoms with van der Waals surface area (Å²) in [4.78, 5) is 2.36. The van der Waals surface area contributed by atoms with Crippen molar-refractivity contribution >= 4 is 15.9 Å². The summed E-state index contributed by atoms with van der Waals surface area (Å²) in [5, 5.41) is 3.49. The molecule has 0 spiro atoms. The molecule has 0 aliphatic rings. The average Bonchev–Trinajstić information content (AvgIpc) is 2.40. The lowest BCUT2D eigenvalue weighted by Crippen LogP contribution is -2.28. The van der Waals surface area contributed by atoms with Gasteiger partial charge in [0, 0.05) is 12.1 Å². The second-order valence-electron chi connectivity index (χ2n) is 5.63. The minimum Gasteiger partial charge on any atom is -0.310 e. The van der Waals surface area contributed by atoms with Gasteiger partial charge in [0.25, 0.3) is 0 Å². The Balaban J connectivity index is 2.26. The largest absolute Gasteiger partial charge is 0.310 e. The second-order valence-corrected chi connectivity index (χ2v) is 6.49. The van der Waals surface area contributed by atoms with Gasteiger partial charge in [-0.15, -0.1) is 0 Å². The highest BCUT2D eigenvalue weighted by atomic mass is 79.9. The lowest BCUT2D eigenvalue weighted by molar-refractivity contribution is 0.267. The molecule has 1 unspecified atom stereocenters. The molecule has 0 aromatic heterocycles. The van der Waals surface area contributed by atoms with E-state index in [0.29, 0.717) is 10.5 Å².